The molecule has 1 atom stereocenters. The Balaban J connectivity index is 2.95. The molecule has 5 heteroatoms. The fourth-order valence-corrected chi connectivity index (χ4v) is 1.56. The van der Waals surface area contributed by atoms with E-state index in [-0.39, 0.29) is 12.6 Å². The summed E-state index contributed by atoms with van der Waals surface area (Å²) in [6.07, 6.45) is 3.09. The normalized spacial score (nSPS) is 12.7. The molecule has 0 aliphatic carbocycles. The van der Waals surface area contributed by atoms with Crippen molar-refractivity contribution >= 4 is 6.29 Å². The highest BCUT2D eigenvalue weighted by Crippen LogP contribution is 2.15. The Hall–Kier alpha value is -1.23. The standard InChI is InChI=1S/C10H17N3O2/c1-3-4-10-9(7-15)11-12-13(10)8(2)5-6-14/h7-8,14H,3-6H2,1-2H3. The van der Waals surface area contributed by atoms with Crippen LogP contribution >= 0.6 is 0 Å². The highest BCUT2D eigenvalue weighted by atomic mass is 16.3. The Labute approximate surface area is 89.1 Å². The third-order valence-electron chi connectivity index (χ3n) is 2.38. The van der Waals surface area contributed by atoms with Gasteiger partial charge >= 0.3 is 0 Å². The molecule has 0 saturated carbocycles. The van der Waals surface area contributed by atoms with Gasteiger partial charge in [-0.15, -0.1) is 5.10 Å². The van der Waals surface area contributed by atoms with Crippen LogP contribution in [0.2, 0.25) is 0 Å². The van der Waals surface area contributed by atoms with Gasteiger partial charge in [0.25, 0.3) is 0 Å². The quantitative estimate of drug-likeness (QED) is 0.712. The minimum Gasteiger partial charge on any atom is -0.396 e. The zero-order valence-corrected chi connectivity index (χ0v) is 9.18. The SMILES string of the molecule is CCCc1c(C=O)nnn1C(C)CCO. The summed E-state index contributed by atoms with van der Waals surface area (Å²) in [7, 11) is 0. The van der Waals surface area contributed by atoms with Crippen molar-refractivity contribution in [3.8, 4) is 0 Å². The lowest BCUT2D eigenvalue weighted by Gasteiger charge is -2.12. The van der Waals surface area contributed by atoms with Crippen LogP contribution in [0.3, 0.4) is 0 Å². The van der Waals surface area contributed by atoms with Gasteiger partial charge in [-0.2, -0.15) is 0 Å². The van der Waals surface area contributed by atoms with Crippen LogP contribution < -0.4 is 0 Å². The molecular formula is C10H17N3O2. The Bertz CT molecular complexity index is 322. The van der Waals surface area contributed by atoms with Crippen molar-refractivity contribution in [1.82, 2.24) is 15.0 Å². The fraction of sp³-hybridized carbons (Fsp3) is 0.700. The lowest BCUT2D eigenvalue weighted by Crippen LogP contribution is -2.12. The summed E-state index contributed by atoms with van der Waals surface area (Å²) in [5, 5.41) is 16.6. The number of aliphatic hydroxyl groups excluding tert-OH is 1. The predicted molar refractivity (Wildman–Crippen MR) is 55.8 cm³/mol. The van der Waals surface area contributed by atoms with Gasteiger partial charge in [-0.25, -0.2) is 4.68 Å². The summed E-state index contributed by atoms with van der Waals surface area (Å²) in [6, 6.07) is 0.0812. The maximum Gasteiger partial charge on any atom is 0.172 e. The number of hydrogen-bond acceptors (Lipinski definition) is 4. The minimum absolute atomic E-state index is 0.0812. The number of aliphatic hydroxyl groups is 1. The Morgan fingerprint density at radius 2 is 2.33 bits per heavy atom. The van der Waals surface area contributed by atoms with Crippen LogP contribution in [0.1, 0.15) is 48.9 Å². The molecule has 15 heavy (non-hydrogen) atoms. The van der Waals surface area contributed by atoms with E-state index in [1.54, 1.807) is 4.68 Å². The van der Waals surface area contributed by atoms with E-state index in [9.17, 15) is 4.79 Å². The molecule has 0 aromatic carbocycles. The number of nitrogens with zero attached hydrogens (tertiary/aromatic N) is 3. The average molecular weight is 211 g/mol. The molecule has 1 N–H and O–H groups in total. The first-order valence-electron chi connectivity index (χ1n) is 5.24. The maximum atomic E-state index is 10.7. The van der Waals surface area contributed by atoms with Crippen LogP contribution in [0.5, 0.6) is 0 Å². The second-order valence-corrected chi connectivity index (χ2v) is 3.60. The van der Waals surface area contributed by atoms with E-state index in [1.165, 1.54) is 0 Å². The molecule has 0 fully saturated rings. The van der Waals surface area contributed by atoms with Gasteiger partial charge in [0.15, 0.2) is 6.29 Å². The van der Waals surface area contributed by atoms with E-state index >= 15 is 0 Å². The third-order valence-corrected chi connectivity index (χ3v) is 2.38. The monoisotopic (exact) mass is 211 g/mol. The lowest BCUT2D eigenvalue weighted by atomic mass is 10.2. The van der Waals surface area contributed by atoms with Gasteiger partial charge < -0.3 is 5.11 Å². The molecule has 0 aliphatic heterocycles. The lowest BCUT2D eigenvalue weighted by molar-refractivity contribution is 0.111. The van der Waals surface area contributed by atoms with Crippen molar-refractivity contribution in [2.45, 2.75) is 39.2 Å². The second kappa shape index (κ2) is 5.60. The van der Waals surface area contributed by atoms with Crippen molar-refractivity contribution in [1.29, 1.82) is 0 Å². The number of carbonyl (C=O) groups excluding carboxylic acids is 1. The zero-order valence-electron chi connectivity index (χ0n) is 9.18. The molecule has 0 saturated heterocycles. The topological polar surface area (TPSA) is 68.0 Å². The molecule has 0 radical (unpaired) electrons. The second-order valence-electron chi connectivity index (χ2n) is 3.60. The van der Waals surface area contributed by atoms with Crippen LogP contribution in [-0.4, -0.2) is 33.0 Å². The number of aromatic nitrogens is 3. The highest BCUT2D eigenvalue weighted by Gasteiger charge is 2.15. The van der Waals surface area contributed by atoms with E-state index in [4.69, 9.17) is 5.11 Å². The summed E-state index contributed by atoms with van der Waals surface area (Å²) in [4.78, 5) is 10.7. The first-order chi connectivity index (χ1) is 7.24. The fourth-order valence-electron chi connectivity index (χ4n) is 1.56. The van der Waals surface area contributed by atoms with Crippen molar-refractivity contribution in [2.75, 3.05) is 6.61 Å². The zero-order chi connectivity index (χ0) is 11.3. The van der Waals surface area contributed by atoms with Crippen LogP contribution in [0.4, 0.5) is 0 Å². The Kier molecular flexibility index (Phi) is 4.42. The van der Waals surface area contributed by atoms with Crippen LogP contribution in [0, 0.1) is 0 Å². The molecule has 1 aromatic rings. The molecule has 1 rings (SSSR count). The molecule has 1 unspecified atom stereocenters. The first kappa shape index (κ1) is 11.8. The summed E-state index contributed by atoms with van der Waals surface area (Å²) >= 11 is 0. The van der Waals surface area contributed by atoms with E-state index < -0.39 is 0 Å². The number of aldehydes is 1. The third kappa shape index (κ3) is 2.62. The molecule has 1 heterocycles. The molecule has 0 spiro atoms. The van der Waals surface area contributed by atoms with E-state index in [0.717, 1.165) is 24.8 Å². The summed E-state index contributed by atoms with van der Waals surface area (Å²) in [5.41, 5.74) is 1.29. The van der Waals surface area contributed by atoms with Gasteiger partial charge in [0, 0.05) is 6.61 Å². The molecule has 1 aromatic heterocycles. The van der Waals surface area contributed by atoms with Gasteiger partial charge in [0.2, 0.25) is 0 Å². The van der Waals surface area contributed by atoms with Crippen LogP contribution in [0.25, 0.3) is 0 Å². The average Bonchev–Trinajstić information content (AvgIpc) is 2.62. The maximum absolute atomic E-state index is 10.7. The largest absolute Gasteiger partial charge is 0.396 e. The summed E-state index contributed by atoms with van der Waals surface area (Å²) < 4.78 is 1.74. The molecule has 84 valence electrons. The molecular weight excluding hydrogens is 194 g/mol. The van der Waals surface area contributed by atoms with Crippen molar-refractivity contribution in [3.63, 3.8) is 0 Å². The molecule has 5 nitrogen and oxygen atoms in total. The summed E-state index contributed by atoms with van der Waals surface area (Å²) in [5.74, 6) is 0. The molecule has 0 bridgehead atoms. The van der Waals surface area contributed by atoms with Gasteiger partial charge in [-0.05, 0) is 19.8 Å². The van der Waals surface area contributed by atoms with E-state index in [0.29, 0.717) is 12.1 Å². The van der Waals surface area contributed by atoms with Crippen LogP contribution in [0.15, 0.2) is 0 Å². The first-order valence-corrected chi connectivity index (χ1v) is 5.24. The number of hydrogen-bond donors (Lipinski definition) is 1. The number of carbonyl (C=O) groups is 1. The smallest absolute Gasteiger partial charge is 0.172 e. The predicted octanol–water partition coefficient (Wildman–Crippen LogP) is 0.986. The minimum atomic E-state index is 0.0812. The molecule has 0 aliphatic rings. The molecule has 0 amide bonds. The van der Waals surface area contributed by atoms with Crippen molar-refractivity contribution in [2.24, 2.45) is 0 Å². The van der Waals surface area contributed by atoms with Crippen LogP contribution in [-0.2, 0) is 6.42 Å². The van der Waals surface area contributed by atoms with E-state index in [2.05, 4.69) is 10.3 Å². The Morgan fingerprint density at radius 1 is 1.60 bits per heavy atom. The van der Waals surface area contributed by atoms with Gasteiger partial charge in [0.1, 0.15) is 5.69 Å². The summed E-state index contributed by atoms with van der Waals surface area (Å²) in [6.45, 7) is 4.12. The van der Waals surface area contributed by atoms with Gasteiger partial charge in [0.05, 0.1) is 11.7 Å². The van der Waals surface area contributed by atoms with Crippen molar-refractivity contribution < 1.29 is 9.90 Å². The van der Waals surface area contributed by atoms with Crippen molar-refractivity contribution in [3.05, 3.63) is 11.4 Å². The van der Waals surface area contributed by atoms with Gasteiger partial charge in [-0.1, -0.05) is 18.6 Å². The van der Waals surface area contributed by atoms with E-state index in [1.807, 2.05) is 13.8 Å². The highest BCUT2D eigenvalue weighted by molar-refractivity contribution is 5.73. The Morgan fingerprint density at radius 3 is 2.87 bits per heavy atom. The van der Waals surface area contributed by atoms with Gasteiger partial charge in [-0.3, -0.25) is 4.79 Å². The number of rotatable bonds is 6.